The van der Waals surface area contributed by atoms with Gasteiger partial charge in [0, 0.05) is 47.5 Å². The van der Waals surface area contributed by atoms with Crippen LogP contribution in [0.3, 0.4) is 0 Å². The van der Waals surface area contributed by atoms with Gasteiger partial charge >= 0.3 is 0 Å². The van der Waals surface area contributed by atoms with Crippen molar-refractivity contribution in [1.29, 1.82) is 0 Å². The Bertz CT molecular complexity index is 642. The second kappa shape index (κ2) is 9.67. The number of aliphatic hydroxyl groups is 1. The standard InChI is InChI=1S/C20H23Br2ClN2O/c21-17-5-1-15(2-6-17)20(16-3-7-18(22)8-4-16)25-11-9-24(10-12-25)14-19(26)13-23/h1-8,19-20,26H,9-14H2. The fourth-order valence-corrected chi connectivity index (χ4v) is 4.08. The number of β-amino-alcohol motifs (C(OH)–C–C–N with tert-alkyl or cyclic N) is 1. The van der Waals surface area contributed by atoms with Crippen LogP contribution < -0.4 is 0 Å². The molecule has 1 saturated heterocycles. The molecular formula is C20H23Br2ClN2O. The van der Waals surface area contributed by atoms with E-state index < -0.39 is 6.10 Å². The first-order valence-corrected chi connectivity index (χ1v) is 10.9. The third kappa shape index (κ3) is 5.31. The highest BCUT2D eigenvalue weighted by Gasteiger charge is 2.27. The Hall–Kier alpha value is -0.430. The van der Waals surface area contributed by atoms with Gasteiger partial charge < -0.3 is 5.11 Å². The van der Waals surface area contributed by atoms with Crippen LogP contribution in [0, 0.1) is 0 Å². The van der Waals surface area contributed by atoms with Gasteiger partial charge in [0.1, 0.15) is 0 Å². The number of halogens is 3. The van der Waals surface area contributed by atoms with E-state index in [4.69, 9.17) is 11.6 Å². The summed E-state index contributed by atoms with van der Waals surface area (Å²) in [6, 6.07) is 17.4. The van der Waals surface area contributed by atoms with Crippen LogP contribution in [-0.4, -0.2) is 59.6 Å². The highest BCUT2D eigenvalue weighted by Crippen LogP contribution is 2.31. The summed E-state index contributed by atoms with van der Waals surface area (Å²) in [5.74, 6) is 0.292. The minimum Gasteiger partial charge on any atom is -0.391 e. The zero-order valence-corrected chi connectivity index (χ0v) is 18.4. The molecule has 0 aliphatic carbocycles. The Morgan fingerprint density at radius 1 is 0.846 bits per heavy atom. The monoisotopic (exact) mass is 500 g/mol. The van der Waals surface area contributed by atoms with Gasteiger partial charge in [0.2, 0.25) is 0 Å². The van der Waals surface area contributed by atoms with E-state index in [9.17, 15) is 5.11 Å². The minimum atomic E-state index is -0.447. The summed E-state index contributed by atoms with van der Waals surface area (Å²) < 4.78 is 2.19. The summed E-state index contributed by atoms with van der Waals surface area (Å²) in [6.45, 7) is 4.46. The van der Waals surface area contributed by atoms with Crippen molar-refractivity contribution in [3.63, 3.8) is 0 Å². The summed E-state index contributed by atoms with van der Waals surface area (Å²) in [7, 11) is 0. The molecular weight excluding hydrogens is 479 g/mol. The maximum atomic E-state index is 9.80. The quantitative estimate of drug-likeness (QED) is 0.589. The van der Waals surface area contributed by atoms with Gasteiger partial charge in [-0.15, -0.1) is 11.6 Å². The van der Waals surface area contributed by atoms with Gasteiger partial charge in [-0.2, -0.15) is 0 Å². The molecule has 0 amide bonds. The van der Waals surface area contributed by atoms with Crippen molar-refractivity contribution in [2.24, 2.45) is 0 Å². The molecule has 1 fully saturated rings. The van der Waals surface area contributed by atoms with Gasteiger partial charge in [0.25, 0.3) is 0 Å². The smallest absolute Gasteiger partial charge is 0.0802 e. The lowest BCUT2D eigenvalue weighted by Crippen LogP contribution is -2.49. The number of hydrogen-bond donors (Lipinski definition) is 1. The molecule has 1 N–H and O–H groups in total. The molecule has 1 heterocycles. The Morgan fingerprint density at radius 2 is 1.31 bits per heavy atom. The van der Waals surface area contributed by atoms with E-state index in [2.05, 4.69) is 90.2 Å². The lowest BCUT2D eigenvalue weighted by molar-refractivity contribution is 0.0704. The normalized spacial score (nSPS) is 17.6. The Labute approximate surface area is 177 Å². The van der Waals surface area contributed by atoms with Crippen molar-refractivity contribution in [3.05, 3.63) is 68.6 Å². The van der Waals surface area contributed by atoms with E-state index in [0.717, 1.165) is 35.1 Å². The van der Waals surface area contributed by atoms with Crippen molar-refractivity contribution in [2.45, 2.75) is 12.1 Å². The highest BCUT2D eigenvalue weighted by molar-refractivity contribution is 9.10. The molecule has 1 unspecified atom stereocenters. The Balaban J connectivity index is 1.78. The predicted molar refractivity (Wildman–Crippen MR) is 115 cm³/mol. The molecule has 2 aromatic rings. The summed E-state index contributed by atoms with van der Waals surface area (Å²) in [4.78, 5) is 4.82. The molecule has 0 spiro atoms. The van der Waals surface area contributed by atoms with Gasteiger partial charge in [0.05, 0.1) is 12.1 Å². The van der Waals surface area contributed by atoms with E-state index in [-0.39, 0.29) is 6.04 Å². The average molecular weight is 503 g/mol. The molecule has 6 heteroatoms. The summed E-state index contributed by atoms with van der Waals surface area (Å²) in [5, 5.41) is 9.80. The first-order valence-electron chi connectivity index (χ1n) is 8.78. The number of rotatable bonds is 6. The number of benzene rings is 2. The van der Waals surface area contributed by atoms with E-state index in [1.807, 2.05) is 0 Å². The maximum absolute atomic E-state index is 9.80. The predicted octanol–water partition coefficient (Wildman–Crippen LogP) is 4.52. The molecule has 2 aromatic carbocycles. The fourth-order valence-electron chi connectivity index (χ4n) is 3.46. The number of aliphatic hydroxyl groups excluding tert-OH is 1. The molecule has 3 rings (SSSR count). The van der Waals surface area contributed by atoms with Crippen LogP contribution in [0.5, 0.6) is 0 Å². The van der Waals surface area contributed by atoms with Crippen LogP contribution in [0.4, 0.5) is 0 Å². The molecule has 1 atom stereocenters. The Morgan fingerprint density at radius 3 is 1.73 bits per heavy atom. The van der Waals surface area contributed by atoms with Crippen LogP contribution in [0.1, 0.15) is 17.2 Å². The van der Waals surface area contributed by atoms with Crippen molar-refractivity contribution >= 4 is 43.5 Å². The van der Waals surface area contributed by atoms with Crippen LogP contribution in [-0.2, 0) is 0 Å². The zero-order chi connectivity index (χ0) is 18.5. The van der Waals surface area contributed by atoms with E-state index >= 15 is 0 Å². The first kappa shape index (κ1) is 20.3. The lowest BCUT2D eigenvalue weighted by atomic mass is 9.96. The lowest BCUT2D eigenvalue weighted by Gasteiger charge is -2.40. The van der Waals surface area contributed by atoms with Crippen LogP contribution in [0.2, 0.25) is 0 Å². The van der Waals surface area contributed by atoms with Crippen molar-refractivity contribution in [3.8, 4) is 0 Å². The molecule has 1 aliphatic rings. The average Bonchev–Trinajstić information content (AvgIpc) is 2.66. The van der Waals surface area contributed by atoms with Gasteiger partial charge in [-0.3, -0.25) is 9.80 Å². The molecule has 3 nitrogen and oxygen atoms in total. The molecule has 140 valence electrons. The first-order chi connectivity index (χ1) is 12.6. The van der Waals surface area contributed by atoms with Crippen LogP contribution >= 0.6 is 43.5 Å². The largest absolute Gasteiger partial charge is 0.391 e. The summed E-state index contributed by atoms with van der Waals surface area (Å²) in [5.41, 5.74) is 2.59. The van der Waals surface area contributed by atoms with Crippen molar-refractivity contribution in [2.75, 3.05) is 38.6 Å². The second-order valence-corrected chi connectivity index (χ2v) is 8.79. The second-order valence-electron chi connectivity index (χ2n) is 6.65. The minimum absolute atomic E-state index is 0.233. The molecule has 0 bridgehead atoms. The van der Waals surface area contributed by atoms with Crippen LogP contribution in [0.15, 0.2) is 57.5 Å². The van der Waals surface area contributed by atoms with E-state index in [1.54, 1.807) is 0 Å². The molecule has 1 aliphatic heterocycles. The van der Waals surface area contributed by atoms with E-state index in [0.29, 0.717) is 12.4 Å². The van der Waals surface area contributed by atoms with E-state index in [1.165, 1.54) is 11.1 Å². The molecule has 0 radical (unpaired) electrons. The maximum Gasteiger partial charge on any atom is 0.0802 e. The fraction of sp³-hybridized carbons (Fsp3) is 0.400. The third-order valence-corrected chi connectivity index (χ3v) is 6.20. The number of piperazine rings is 1. The van der Waals surface area contributed by atoms with Crippen LogP contribution in [0.25, 0.3) is 0 Å². The molecule has 26 heavy (non-hydrogen) atoms. The summed E-state index contributed by atoms with van der Waals surface area (Å²) in [6.07, 6.45) is -0.447. The van der Waals surface area contributed by atoms with Gasteiger partial charge in [-0.25, -0.2) is 0 Å². The molecule has 0 aromatic heterocycles. The summed E-state index contributed by atoms with van der Waals surface area (Å²) >= 11 is 12.8. The number of hydrogen-bond acceptors (Lipinski definition) is 3. The Kier molecular flexibility index (Phi) is 7.55. The van der Waals surface area contributed by atoms with Gasteiger partial charge in [-0.1, -0.05) is 56.1 Å². The SMILES string of the molecule is OC(CCl)CN1CCN(C(c2ccc(Br)cc2)c2ccc(Br)cc2)CC1. The number of nitrogens with zero attached hydrogens (tertiary/aromatic N) is 2. The topological polar surface area (TPSA) is 26.7 Å². The zero-order valence-electron chi connectivity index (χ0n) is 14.5. The van der Waals surface area contributed by atoms with Crippen molar-refractivity contribution < 1.29 is 5.11 Å². The van der Waals surface area contributed by atoms with Gasteiger partial charge in [-0.05, 0) is 35.4 Å². The van der Waals surface area contributed by atoms with Crippen molar-refractivity contribution in [1.82, 2.24) is 9.80 Å². The third-order valence-electron chi connectivity index (χ3n) is 4.79. The molecule has 0 saturated carbocycles. The van der Waals surface area contributed by atoms with Gasteiger partial charge in [0.15, 0.2) is 0 Å². The number of alkyl halides is 1. The highest BCUT2D eigenvalue weighted by atomic mass is 79.9.